The van der Waals surface area contributed by atoms with Crippen molar-refractivity contribution in [1.82, 2.24) is 10.2 Å². The van der Waals surface area contributed by atoms with Crippen molar-refractivity contribution in [3.8, 4) is 6.07 Å². The van der Waals surface area contributed by atoms with Crippen LogP contribution in [-0.4, -0.2) is 23.4 Å². The fourth-order valence-corrected chi connectivity index (χ4v) is 3.28. The molecule has 26 heavy (non-hydrogen) atoms. The van der Waals surface area contributed by atoms with Gasteiger partial charge in [0.25, 0.3) is 5.91 Å². The predicted molar refractivity (Wildman–Crippen MR) is 98.2 cm³/mol. The van der Waals surface area contributed by atoms with Gasteiger partial charge in [0.1, 0.15) is 0 Å². The van der Waals surface area contributed by atoms with E-state index in [0.29, 0.717) is 5.56 Å². The number of nitriles is 1. The summed E-state index contributed by atoms with van der Waals surface area (Å²) in [6.45, 7) is 5.75. The number of aryl methyl sites for hydroxylation is 2. The van der Waals surface area contributed by atoms with Crippen molar-refractivity contribution in [1.29, 1.82) is 5.26 Å². The smallest absolute Gasteiger partial charge is 0.315 e. The maximum absolute atomic E-state index is 13.4. The molecule has 1 aliphatic heterocycles. The summed E-state index contributed by atoms with van der Waals surface area (Å²) >= 11 is 0. The summed E-state index contributed by atoms with van der Waals surface area (Å²) in [6, 6.07) is 16.6. The third kappa shape index (κ3) is 2.74. The Balaban J connectivity index is 2.17. The van der Waals surface area contributed by atoms with E-state index >= 15 is 0 Å². The Morgan fingerprint density at radius 1 is 1.08 bits per heavy atom. The number of amides is 3. The van der Waals surface area contributed by atoms with Crippen molar-refractivity contribution in [3.63, 3.8) is 0 Å². The van der Waals surface area contributed by atoms with Gasteiger partial charge < -0.3 is 5.32 Å². The van der Waals surface area contributed by atoms with E-state index in [-0.39, 0.29) is 12.5 Å². The highest BCUT2D eigenvalue weighted by Crippen LogP contribution is 2.37. The van der Waals surface area contributed by atoms with Crippen molar-refractivity contribution in [2.45, 2.75) is 26.3 Å². The summed E-state index contributed by atoms with van der Waals surface area (Å²) in [6.07, 6.45) is 0. The van der Waals surface area contributed by atoms with Crippen LogP contribution >= 0.6 is 0 Å². The zero-order valence-corrected chi connectivity index (χ0v) is 15.1. The van der Waals surface area contributed by atoms with Crippen LogP contribution in [0.15, 0.2) is 48.5 Å². The standard InChI is InChI=1S/C21H21N3O2/c1-14(12-22)13-24-19(25)21(23-20(24)26,17-7-5-4-6-8-17)18-10-9-15(2)16(3)11-18/h4-11,14H,13H2,1-3H3,(H,23,26)/t14-,21+/m1/s1. The van der Waals surface area contributed by atoms with Crippen molar-refractivity contribution < 1.29 is 9.59 Å². The van der Waals surface area contributed by atoms with Gasteiger partial charge in [-0.1, -0.05) is 48.5 Å². The van der Waals surface area contributed by atoms with Crippen LogP contribution in [0.4, 0.5) is 4.79 Å². The molecule has 0 spiro atoms. The highest BCUT2D eigenvalue weighted by molar-refractivity contribution is 6.09. The van der Waals surface area contributed by atoms with Crippen LogP contribution in [0.5, 0.6) is 0 Å². The van der Waals surface area contributed by atoms with Gasteiger partial charge in [-0.25, -0.2) is 4.79 Å². The molecule has 5 heteroatoms. The Morgan fingerprint density at radius 2 is 1.77 bits per heavy atom. The molecular weight excluding hydrogens is 326 g/mol. The molecular formula is C21H21N3O2. The third-order valence-electron chi connectivity index (χ3n) is 4.93. The molecule has 0 aromatic heterocycles. The van der Waals surface area contributed by atoms with Gasteiger partial charge in [0.2, 0.25) is 0 Å². The van der Waals surface area contributed by atoms with Crippen molar-refractivity contribution >= 4 is 11.9 Å². The zero-order chi connectivity index (χ0) is 18.9. The lowest BCUT2D eigenvalue weighted by atomic mass is 9.81. The van der Waals surface area contributed by atoms with Crippen LogP contribution < -0.4 is 5.32 Å². The number of nitrogens with zero attached hydrogens (tertiary/aromatic N) is 2. The average Bonchev–Trinajstić information content (AvgIpc) is 2.90. The van der Waals surface area contributed by atoms with E-state index in [1.807, 2.05) is 62.4 Å². The molecule has 2 atom stereocenters. The molecule has 2 aromatic carbocycles. The van der Waals surface area contributed by atoms with Gasteiger partial charge in [-0.3, -0.25) is 9.69 Å². The number of carbonyl (C=O) groups excluding carboxylic acids is 2. The Labute approximate surface area is 153 Å². The number of carbonyl (C=O) groups is 2. The van der Waals surface area contributed by atoms with Crippen LogP contribution in [0.25, 0.3) is 0 Å². The predicted octanol–water partition coefficient (Wildman–Crippen LogP) is 3.26. The van der Waals surface area contributed by atoms with Crippen LogP contribution in [-0.2, 0) is 10.3 Å². The van der Waals surface area contributed by atoms with Crippen LogP contribution in [0.2, 0.25) is 0 Å². The molecule has 1 saturated heterocycles. The largest absolute Gasteiger partial charge is 0.325 e. The van der Waals surface area contributed by atoms with Crippen LogP contribution in [0, 0.1) is 31.1 Å². The summed E-state index contributed by atoms with van der Waals surface area (Å²) in [4.78, 5) is 27.2. The van der Waals surface area contributed by atoms with E-state index in [9.17, 15) is 9.59 Å². The second-order valence-electron chi connectivity index (χ2n) is 6.79. The Bertz CT molecular complexity index is 901. The SMILES string of the molecule is Cc1ccc([C@]2(c3ccccc3)NC(=O)N(C[C@H](C)C#N)C2=O)cc1C. The highest BCUT2D eigenvalue weighted by Gasteiger charge is 2.53. The molecule has 5 nitrogen and oxygen atoms in total. The Kier molecular flexibility index (Phi) is 4.52. The molecule has 1 heterocycles. The topological polar surface area (TPSA) is 73.2 Å². The molecule has 132 valence electrons. The number of nitrogens with one attached hydrogen (secondary N) is 1. The van der Waals surface area contributed by atoms with Crippen LogP contribution in [0.3, 0.4) is 0 Å². The normalized spacial score (nSPS) is 20.6. The molecule has 0 unspecified atom stereocenters. The fourth-order valence-electron chi connectivity index (χ4n) is 3.28. The van der Waals surface area contributed by atoms with E-state index in [1.54, 1.807) is 6.92 Å². The van der Waals surface area contributed by atoms with E-state index < -0.39 is 17.5 Å². The van der Waals surface area contributed by atoms with Crippen LogP contribution in [0.1, 0.15) is 29.2 Å². The second-order valence-corrected chi connectivity index (χ2v) is 6.79. The summed E-state index contributed by atoms with van der Waals surface area (Å²) < 4.78 is 0. The maximum Gasteiger partial charge on any atom is 0.325 e. The average molecular weight is 347 g/mol. The molecule has 3 amide bonds. The lowest BCUT2D eigenvalue weighted by Gasteiger charge is -2.28. The monoisotopic (exact) mass is 347 g/mol. The number of rotatable bonds is 4. The summed E-state index contributed by atoms with van der Waals surface area (Å²) in [5.74, 6) is -0.782. The molecule has 0 bridgehead atoms. The van der Waals surface area contributed by atoms with Crippen molar-refractivity contribution in [2.24, 2.45) is 5.92 Å². The lowest BCUT2D eigenvalue weighted by molar-refractivity contribution is -0.130. The number of hydrogen-bond acceptors (Lipinski definition) is 3. The maximum atomic E-state index is 13.4. The Hall–Kier alpha value is -3.13. The Morgan fingerprint density at radius 3 is 2.38 bits per heavy atom. The summed E-state index contributed by atoms with van der Waals surface area (Å²) in [7, 11) is 0. The van der Waals surface area contributed by atoms with E-state index in [0.717, 1.165) is 21.6 Å². The first-order valence-corrected chi connectivity index (χ1v) is 8.57. The van der Waals surface area contributed by atoms with Gasteiger partial charge in [-0.2, -0.15) is 5.26 Å². The fraction of sp³-hybridized carbons (Fsp3) is 0.286. The number of benzene rings is 2. The van der Waals surface area contributed by atoms with E-state index in [4.69, 9.17) is 5.26 Å². The highest BCUT2D eigenvalue weighted by atomic mass is 16.2. The molecule has 1 fully saturated rings. The minimum Gasteiger partial charge on any atom is -0.315 e. The summed E-state index contributed by atoms with van der Waals surface area (Å²) in [5.41, 5.74) is 2.31. The quantitative estimate of drug-likeness (QED) is 0.863. The number of hydrogen-bond donors (Lipinski definition) is 1. The summed E-state index contributed by atoms with van der Waals surface area (Å²) in [5, 5.41) is 12.0. The second kappa shape index (κ2) is 6.64. The molecule has 0 aliphatic carbocycles. The van der Waals surface area contributed by atoms with Gasteiger partial charge in [-0.05, 0) is 43.0 Å². The number of urea groups is 1. The van der Waals surface area contributed by atoms with Crippen molar-refractivity contribution in [3.05, 3.63) is 70.8 Å². The minimum absolute atomic E-state index is 0.0700. The first-order valence-electron chi connectivity index (χ1n) is 8.57. The van der Waals surface area contributed by atoms with Gasteiger partial charge in [0, 0.05) is 6.54 Å². The molecule has 0 saturated carbocycles. The van der Waals surface area contributed by atoms with Crippen molar-refractivity contribution in [2.75, 3.05) is 6.54 Å². The molecule has 0 radical (unpaired) electrons. The van der Waals surface area contributed by atoms with Gasteiger partial charge in [-0.15, -0.1) is 0 Å². The first-order chi connectivity index (χ1) is 12.4. The lowest BCUT2D eigenvalue weighted by Crippen LogP contribution is -2.45. The van der Waals surface area contributed by atoms with Gasteiger partial charge in [0.05, 0.1) is 12.0 Å². The number of imide groups is 1. The molecule has 3 rings (SSSR count). The van der Waals surface area contributed by atoms with Gasteiger partial charge >= 0.3 is 6.03 Å². The molecule has 2 aromatic rings. The molecule has 1 aliphatic rings. The third-order valence-corrected chi connectivity index (χ3v) is 4.93. The van der Waals surface area contributed by atoms with Gasteiger partial charge in [0.15, 0.2) is 5.54 Å². The molecule has 1 N–H and O–H groups in total. The first kappa shape index (κ1) is 17.7. The van der Waals surface area contributed by atoms with E-state index in [2.05, 4.69) is 11.4 Å². The zero-order valence-electron chi connectivity index (χ0n) is 15.1. The van der Waals surface area contributed by atoms with E-state index in [1.165, 1.54) is 0 Å². The minimum atomic E-state index is -1.27.